The molecule has 98 valence electrons. The summed E-state index contributed by atoms with van der Waals surface area (Å²) in [5, 5.41) is 3.44. The maximum atomic E-state index is 11.4. The molecule has 0 atom stereocenters. The monoisotopic (exact) mass is 248 g/mol. The maximum Gasteiger partial charge on any atom is 0.308 e. The average molecular weight is 248 g/mol. The van der Waals surface area contributed by atoms with E-state index >= 15 is 0 Å². The van der Waals surface area contributed by atoms with Crippen LogP contribution < -0.4 is 5.32 Å². The smallest absolute Gasteiger partial charge is 0.308 e. The Morgan fingerprint density at radius 3 is 2.67 bits per heavy atom. The van der Waals surface area contributed by atoms with Crippen molar-refractivity contribution in [3.63, 3.8) is 0 Å². The van der Waals surface area contributed by atoms with Gasteiger partial charge in [0, 0.05) is 11.7 Å². The van der Waals surface area contributed by atoms with Crippen LogP contribution in [-0.4, -0.2) is 24.1 Å². The van der Waals surface area contributed by atoms with Gasteiger partial charge in [-0.25, -0.2) is 4.98 Å². The molecule has 0 spiro atoms. The number of nitrogens with one attached hydrogen (secondary N) is 1. The largest absolute Gasteiger partial charge is 0.469 e. The van der Waals surface area contributed by atoms with Crippen molar-refractivity contribution < 1.29 is 9.53 Å². The number of carbonyl (C=O) groups excluding carboxylic acids is 1. The minimum atomic E-state index is -0.0675. The van der Waals surface area contributed by atoms with Gasteiger partial charge in [0.2, 0.25) is 0 Å². The van der Waals surface area contributed by atoms with Crippen LogP contribution in [-0.2, 0) is 9.53 Å². The predicted octanol–water partition coefficient (Wildman–Crippen LogP) is 2.53. The van der Waals surface area contributed by atoms with Crippen molar-refractivity contribution in [2.45, 2.75) is 38.6 Å². The number of hydrogen-bond acceptors (Lipinski definition) is 4. The molecule has 1 aliphatic rings. The van der Waals surface area contributed by atoms with Crippen molar-refractivity contribution in [3.05, 3.63) is 23.9 Å². The number of aromatic nitrogens is 1. The van der Waals surface area contributed by atoms with Gasteiger partial charge >= 0.3 is 5.97 Å². The highest BCUT2D eigenvalue weighted by Gasteiger charge is 2.26. The van der Waals surface area contributed by atoms with Crippen molar-refractivity contribution >= 4 is 11.8 Å². The van der Waals surface area contributed by atoms with Crippen LogP contribution in [0.4, 0.5) is 5.82 Å². The van der Waals surface area contributed by atoms with Gasteiger partial charge in [0.1, 0.15) is 5.82 Å². The zero-order valence-corrected chi connectivity index (χ0v) is 11.0. The molecule has 4 nitrogen and oxygen atoms in total. The van der Waals surface area contributed by atoms with Crippen LogP contribution in [0.1, 0.15) is 31.4 Å². The van der Waals surface area contributed by atoms with Crippen LogP contribution in [0.15, 0.2) is 18.2 Å². The Morgan fingerprint density at radius 2 is 2.06 bits per heavy atom. The molecule has 0 bridgehead atoms. The molecule has 1 N–H and O–H groups in total. The summed E-state index contributed by atoms with van der Waals surface area (Å²) in [6.45, 7) is 1.99. The van der Waals surface area contributed by atoms with Crippen molar-refractivity contribution in [2.24, 2.45) is 5.92 Å². The molecule has 1 aliphatic carbocycles. The Hall–Kier alpha value is -1.58. The molecule has 1 heterocycles. The molecule has 0 aromatic carbocycles. The van der Waals surface area contributed by atoms with E-state index in [0.29, 0.717) is 6.04 Å². The Morgan fingerprint density at radius 1 is 1.33 bits per heavy atom. The third-order valence-corrected chi connectivity index (χ3v) is 3.50. The second kappa shape index (κ2) is 5.85. The zero-order chi connectivity index (χ0) is 13.0. The van der Waals surface area contributed by atoms with E-state index in [1.54, 1.807) is 0 Å². The van der Waals surface area contributed by atoms with Gasteiger partial charge in [0.25, 0.3) is 0 Å². The third-order valence-electron chi connectivity index (χ3n) is 3.50. The fraction of sp³-hybridized carbons (Fsp3) is 0.571. The lowest BCUT2D eigenvalue weighted by Crippen LogP contribution is -2.30. The van der Waals surface area contributed by atoms with Gasteiger partial charge in [0.05, 0.1) is 13.0 Å². The minimum Gasteiger partial charge on any atom is -0.469 e. The number of aryl methyl sites for hydroxylation is 1. The summed E-state index contributed by atoms with van der Waals surface area (Å²) >= 11 is 0. The molecule has 0 unspecified atom stereocenters. The standard InChI is InChI=1S/C14H20N2O2/c1-10-4-3-5-13(15-10)16-12-8-6-11(7-9-12)14(17)18-2/h3-5,11-12H,6-9H2,1-2H3,(H,15,16). The van der Waals surface area contributed by atoms with Crippen LogP contribution in [0.3, 0.4) is 0 Å². The zero-order valence-electron chi connectivity index (χ0n) is 11.0. The van der Waals surface area contributed by atoms with E-state index in [1.165, 1.54) is 7.11 Å². The fourth-order valence-corrected chi connectivity index (χ4v) is 2.47. The number of carbonyl (C=O) groups is 1. The molecule has 0 saturated heterocycles. The van der Waals surface area contributed by atoms with Gasteiger partial charge in [-0.3, -0.25) is 4.79 Å². The summed E-state index contributed by atoms with van der Waals surface area (Å²) in [7, 11) is 1.46. The summed E-state index contributed by atoms with van der Waals surface area (Å²) in [5.74, 6) is 0.942. The number of ether oxygens (including phenoxy) is 1. The Balaban J connectivity index is 1.85. The first-order valence-corrected chi connectivity index (χ1v) is 6.47. The molecule has 18 heavy (non-hydrogen) atoms. The van der Waals surface area contributed by atoms with Gasteiger partial charge in [-0.2, -0.15) is 0 Å². The van der Waals surface area contributed by atoms with E-state index in [-0.39, 0.29) is 11.9 Å². The third kappa shape index (κ3) is 3.22. The molecule has 1 fully saturated rings. The van der Waals surface area contributed by atoms with Crippen LogP contribution in [0.5, 0.6) is 0 Å². The highest BCUT2D eigenvalue weighted by molar-refractivity contribution is 5.72. The number of hydrogen-bond donors (Lipinski definition) is 1. The van der Waals surface area contributed by atoms with E-state index in [0.717, 1.165) is 37.2 Å². The van der Waals surface area contributed by atoms with Gasteiger partial charge in [-0.05, 0) is 44.7 Å². The van der Waals surface area contributed by atoms with E-state index in [9.17, 15) is 4.79 Å². The summed E-state index contributed by atoms with van der Waals surface area (Å²) in [4.78, 5) is 15.9. The summed E-state index contributed by atoms with van der Waals surface area (Å²) in [5.41, 5.74) is 1.02. The molecule has 1 aromatic heterocycles. The Labute approximate surface area is 108 Å². The van der Waals surface area contributed by atoms with Gasteiger partial charge in [-0.15, -0.1) is 0 Å². The van der Waals surface area contributed by atoms with Gasteiger partial charge in [-0.1, -0.05) is 6.07 Å². The summed E-state index contributed by atoms with van der Waals surface area (Å²) < 4.78 is 4.79. The SMILES string of the molecule is COC(=O)C1CCC(Nc2cccc(C)n2)CC1. The van der Waals surface area contributed by atoms with Crippen molar-refractivity contribution in [1.29, 1.82) is 0 Å². The minimum absolute atomic E-state index is 0.0675. The number of methoxy groups -OCH3 is 1. The fourth-order valence-electron chi connectivity index (χ4n) is 2.47. The van der Waals surface area contributed by atoms with Gasteiger partial charge in [0.15, 0.2) is 0 Å². The van der Waals surface area contributed by atoms with Crippen LogP contribution in [0.25, 0.3) is 0 Å². The Bertz CT molecular complexity index is 412. The molecular weight excluding hydrogens is 228 g/mol. The van der Waals surface area contributed by atoms with E-state index in [4.69, 9.17) is 4.74 Å². The van der Waals surface area contributed by atoms with Crippen LogP contribution in [0.2, 0.25) is 0 Å². The van der Waals surface area contributed by atoms with Gasteiger partial charge < -0.3 is 10.1 Å². The lowest BCUT2D eigenvalue weighted by molar-refractivity contribution is -0.146. The molecule has 1 aromatic rings. The molecule has 0 radical (unpaired) electrons. The summed E-state index contributed by atoms with van der Waals surface area (Å²) in [6.07, 6.45) is 3.79. The van der Waals surface area contributed by atoms with E-state index in [1.807, 2.05) is 25.1 Å². The summed E-state index contributed by atoms with van der Waals surface area (Å²) in [6, 6.07) is 6.39. The quantitative estimate of drug-likeness (QED) is 0.835. The first-order valence-electron chi connectivity index (χ1n) is 6.47. The van der Waals surface area contributed by atoms with Crippen molar-refractivity contribution in [3.8, 4) is 0 Å². The first kappa shape index (κ1) is 12.9. The molecule has 4 heteroatoms. The van der Waals surface area contributed by atoms with Crippen LogP contribution >= 0.6 is 0 Å². The lowest BCUT2D eigenvalue weighted by atomic mass is 9.86. The van der Waals surface area contributed by atoms with Crippen LogP contribution in [0, 0.1) is 12.8 Å². The molecular formula is C14H20N2O2. The molecule has 1 saturated carbocycles. The van der Waals surface area contributed by atoms with Crippen molar-refractivity contribution in [2.75, 3.05) is 12.4 Å². The second-order valence-corrected chi connectivity index (χ2v) is 4.88. The second-order valence-electron chi connectivity index (χ2n) is 4.88. The van der Waals surface area contributed by atoms with Crippen molar-refractivity contribution in [1.82, 2.24) is 4.98 Å². The number of pyridine rings is 1. The molecule has 0 aliphatic heterocycles. The number of anilines is 1. The van der Waals surface area contributed by atoms with E-state index in [2.05, 4.69) is 10.3 Å². The highest BCUT2D eigenvalue weighted by Crippen LogP contribution is 2.27. The topological polar surface area (TPSA) is 51.2 Å². The average Bonchev–Trinajstić information content (AvgIpc) is 2.39. The molecule has 0 amide bonds. The lowest BCUT2D eigenvalue weighted by Gasteiger charge is -2.27. The molecule has 2 rings (SSSR count). The number of nitrogens with zero attached hydrogens (tertiary/aromatic N) is 1. The van der Waals surface area contributed by atoms with E-state index < -0.39 is 0 Å². The Kier molecular flexibility index (Phi) is 4.18. The highest BCUT2D eigenvalue weighted by atomic mass is 16.5. The maximum absolute atomic E-state index is 11.4. The number of esters is 1. The first-order chi connectivity index (χ1) is 8.69. The predicted molar refractivity (Wildman–Crippen MR) is 70.4 cm³/mol. The number of rotatable bonds is 3. The normalized spacial score (nSPS) is 23.4.